The Morgan fingerprint density at radius 1 is 0.527 bits per heavy atom. The van der Waals surface area contributed by atoms with E-state index in [1.54, 1.807) is 6.08 Å². The predicted octanol–water partition coefficient (Wildman–Crippen LogP) is 12.5. The summed E-state index contributed by atoms with van der Waals surface area (Å²) in [6.45, 7) is 3.44. The van der Waals surface area contributed by atoms with Crippen LogP contribution in [0.4, 0.5) is 0 Å². The fourth-order valence-electron chi connectivity index (χ4n) is 5.73. The van der Waals surface area contributed by atoms with Crippen LogP contribution in [0.1, 0.15) is 187 Å². The number of carbonyl (C=O) groups is 3. The molecule has 0 saturated carbocycles. The summed E-state index contributed by atoms with van der Waals surface area (Å²) in [4.78, 5) is 55.0. The van der Waals surface area contributed by atoms with Crippen molar-refractivity contribution in [3.05, 3.63) is 60.8 Å². The second-order valence-electron chi connectivity index (χ2n) is 14.3. The number of esters is 2. The molecule has 0 unspecified atom stereocenters. The molecule has 55 heavy (non-hydrogen) atoms. The van der Waals surface area contributed by atoms with Gasteiger partial charge >= 0.3 is 19.8 Å². The van der Waals surface area contributed by atoms with Gasteiger partial charge in [0, 0.05) is 19.3 Å². The Bertz CT molecular complexity index is 1140. The lowest BCUT2D eigenvalue weighted by molar-refractivity contribution is -0.161. The minimum atomic E-state index is -4.81. The maximum atomic E-state index is 12.4. The van der Waals surface area contributed by atoms with Gasteiger partial charge in [0.1, 0.15) is 6.61 Å². The molecule has 0 saturated heterocycles. The molecular formula is C45H77O9P. The molecule has 0 aliphatic heterocycles. The maximum absolute atomic E-state index is 12.4. The van der Waals surface area contributed by atoms with Crippen LogP contribution in [-0.2, 0) is 32.9 Å². The van der Waals surface area contributed by atoms with E-state index in [0.29, 0.717) is 6.42 Å². The van der Waals surface area contributed by atoms with Gasteiger partial charge in [0.15, 0.2) is 11.9 Å². The zero-order chi connectivity index (χ0) is 40.5. The van der Waals surface area contributed by atoms with Crippen molar-refractivity contribution in [1.82, 2.24) is 0 Å². The summed E-state index contributed by atoms with van der Waals surface area (Å²) in [6.07, 6.45) is 46.6. The number of ether oxygens (including phenoxy) is 2. The molecule has 0 aromatic rings. The quantitative estimate of drug-likeness (QED) is 0.0156. The number of phosphoric ester groups is 1. The van der Waals surface area contributed by atoms with Crippen molar-refractivity contribution in [2.45, 2.75) is 193 Å². The van der Waals surface area contributed by atoms with Gasteiger partial charge in [-0.15, -0.1) is 0 Å². The molecule has 0 aromatic carbocycles. The summed E-state index contributed by atoms with van der Waals surface area (Å²) in [5.41, 5.74) is 0. The smallest absolute Gasteiger partial charge is 0.462 e. The van der Waals surface area contributed by atoms with Gasteiger partial charge < -0.3 is 19.3 Å². The van der Waals surface area contributed by atoms with Crippen molar-refractivity contribution in [1.29, 1.82) is 0 Å². The Kier molecular flexibility index (Phi) is 37.8. The number of carbonyl (C=O) groups excluding carboxylic acids is 3. The van der Waals surface area contributed by atoms with E-state index in [1.165, 1.54) is 109 Å². The highest BCUT2D eigenvalue weighted by atomic mass is 31.2. The Balaban J connectivity index is 4.09. The van der Waals surface area contributed by atoms with Gasteiger partial charge in [-0.3, -0.25) is 18.9 Å². The molecule has 0 rings (SSSR count). The monoisotopic (exact) mass is 793 g/mol. The molecule has 0 aromatic heterocycles. The Hall–Kier alpha value is -2.58. The van der Waals surface area contributed by atoms with E-state index >= 15 is 0 Å². The Morgan fingerprint density at radius 2 is 1.00 bits per heavy atom. The average molecular weight is 793 g/mol. The van der Waals surface area contributed by atoms with E-state index in [4.69, 9.17) is 19.3 Å². The molecule has 0 radical (unpaired) electrons. The van der Waals surface area contributed by atoms with Crippen LogP contribution in [0, 0.1) is 0 Å². The van der Waals surface area contributed by atoms with Gasteiger partial charge in [-0.1, -0.05) is 158 Å². The fraction of sp³-hybridized carbons (Fsp3) is 0.711. The van der Waals surface area contributed by atoms with Crippen molar-refractivity contribution in [3.63, 3.8) is 0 Å². The van der Waals surface area contributed by atoms with Crippen LogP contribution in [0.15, 0.2) is 60.8 Å². The van der Waals surface area contributed by atoms with E-state index in [9.17, 15) is 18.9 Å². The second kappa shape index (κ2) is 39.6. The van der Waals surface area contributed by atoms with Gasteiger partial charge in [-0.25, -0.2) is 4.57 Å². The highest BCUT2D eigenvalue weighted by Gasteiger charge is 2.23. The van der Waals surface area contributed by atoms with Gasteiger partial charge in [0.25, 0.3) is 0 Å². The van der Waals surface area contributed by atoms with Gasteiger partial charge in [-0.2, -0.15) is 0 Å². The van der Waals surface area contributed by atoms with E-state index < -0.39 is 39.1 Å². The molecule has 9 nitrogen and oxygen atoms in total. The van der Waals surface area contributed by atoms with Crippen LogP contribution in [0.3, 0.4) is 0 Å². The van der Waals surface area contributed by atoms with Gasteiger partial charge in [-0.05, 0) is 70.3 Å². The van der Waals surface area contributed by atoms with Crippen LogP contribution in [0.5, 0.6) is 0 Å². The summed E-state index contributed by atoms with van der Waals surface area (Å²) in [5, 5.41) is 0. The predicted molar refractivity (Wildman–Crippen MR) is 226 cm³/mol. The molecule has 0 aliphatic rings. The largest absolute Gasteiger partial charge is 0.469 e. The van der Waals surface area contributed by atoms with Crippen LogP contribution < -0.4 is 0 Å². The SMILES string of the molecule is CCCCC/C=C\C/C=C\C/C=C\C=C\C(=O)CCCC(=O)OC[C@H](COP(=O)(O)O)OC(=O)CCCCCCCCCCC/C=C\CCCCCCCC. The molecule has 10 heteroatoms. The van der Waals surface area contributed by atoms with E-state index in [0.717, 1.165) is 38.5 Å². The zero-order valence-electron chi connectivity index (χ0n) is 34.6. The zero-order valence-corrected chi connectivity index (χ0v) is 35.5. The third kappa shape index (κ3) is 42.4. The lowest BCUT2D eigenvalue weighted by Crippen LogP contribution is -2.29. The Labute approximate surface area is 334 Å². The molecule has 0 spiro atoms. The van der Waals surface area contributed by atoms with Crippen molar-refractivity contribution in [3.8, 4) is 0 Å². The minimum Gasteiger partial charge on any atom is -0.462 e. The maximum Gasteiger partial charge on any atom is 0.469 e. The topological polar surface area (TPSA) is 136 Å². The van der Waals surface area contributed by atoms with Gasteiger partial charge in [0.2, 0.25) is 0 Å². The molecule has 0 fully saturated rings. The standard InChI is InChI=1S/C45H77O9P/c1-3-5-7-9-11-13-15-17-18-19-20-21-22-24-26-28-30-32-34-38-45(48)54-43(41-53-55(49,50)51)40-52-44(47)39-35-37-42(46)36-33-31-29-27-25-23-16-14-12-10-8-6-4-2/h12,14,17-18,23,25,29,31,33,36,43H,3-11,13,15-16,19-22,24,26-28,30,32,34-35,37-41H2,1-2H3,(H2,49,50,51)/b14-12-,18-17-,25-23-,31-29-,36-33+/t43-/m1/s1. The number of ketones is 1. The molecule has 2 N–H and O–H groups in total. The molecule has 1 atom stereocenters. The molecule has 0 heterocycles. The molecule has 0 aliphatic carbocycles. The number of hydrogen-bond donors (Lipinski definition) is 2. The highest BCUT2D eigenvalue weighted by molar-refractivity contribution is 7.46. The van der Waals surface area contributed by atoms with E-state index in [1.807, 2.05) is 12.2 Å². The van der Waals surface area contributed by atoms with E-state index in [-0.39, 0.29) is 31.5 Å². The van der Waals surface area contributed by atoms with E-state index in [2.05, 4.69) is 54.8 Å². The second-order valence-corrected chi connectivity index (χ2v) is 15.6. The molecule has 0 amide bonds. The molecule has 316 valence electrons. The number of allylic oxidation sites excluding steroid dienone is 10. The third-order valence-electron chi connectivity index (χ3n) is 8.99. The number of unbranched alkanes of at least 4 members (excludes halogenated alkanes) is 18. The number of phosphoric acid groups is 1. The average Bonchev–Trinajstić information content (AvgIpc) is 3.15. The summed E-state index contributed by atoms with van der Waals surface area (Å²) in [6, 6.07) is 0. The molecular weight excluding hydrogens is 715 g/mol. The van der Waals surface area contributed by atoms with Crippen molar-refractivity contribution in [2.24, 2.45) is 0 Å². The number of rotatable bonds is 39. The Morgan fingerprint density at radius 3 is 1.60 bits per heavy atom. The lowest BCUT2D eigenvalue weighted by Gasteiger charge is -2.18. The van der Waals surface area contributed by atoms with Crippen molar-refractivity contribution in [2.75, 3.05) is 13.2 Å². The highest BCUT2D eigenvalue weighted by Crippen LogP contribution is 2.36. The summed E-state index contributed by atoms with van der Waals surface area (Å²) >= 11 is 0. The normalized spacial score (nSPS) is 12.9. The third-order valence-corrected chi connectivity index (χ3v) is 9.47. The van der Waals surface area contributed by atoms with Gasteiger partial charge in [0.05, 0.1) is 6.61 Å². The first-order valence-electron chi connectivity index (χ1n) is 21.5. The first-order chi connectivity index (χ1) is 26.7. The first kappa shape index (κ1) is 52.4. The van der Waals surface area contributed by atoms with Crippen LogP contribution in [-0.4, -0.2) is 46.8 Å². The summed E-state index contributed by atoms with van der Waals surface area (Å²) in [7, 11) is -4.81. The lowest BCUT2D eigenvalue weighted by atomic mass is 10.1. The van der Waals surface area contributed by atoms with Crippen LogP contribution in [0.2, 0.25) is 0 Å². The fourth-order valence-corrected chi connectivity index (χ4v) is 6.09. The molecule has 0 bridgehead atoms. The number of hydrogen-bond acceptors (Lipinski definition) is 7. The summed E-state index contributed by atoms with van der Waals surface area (Å²) < 4.78 is 26.2. The van der Waals surface area contributed by atoms with Crippen LogP contribution in [0.25, 0.3) is 0 Å². The first-order valence-corrected chi connectivity index (χ1v) is 23.1. The van der Waals surface area contributed by atoms with Crippen molar-refractivity contribution >= 4 is 25.5 Å². The van der Waals surface area contributed by atoms with Crippen molar-refractivity contribution < 1.29 is 42.7 Å². The minimum absolute atomic E-state index is 0.0238. The summed E-state index contributed by atoms with van der Waals surface area (Å²) in [5.74, 6) is -1.26. The van der Waals surface area contributed by atoms with Crippen LogP contribution >= 0.6 is 7.82 Å².